The van der Waals surface area contributed by atoms with Gasteiger partial charge in [0.2, 0.25) is 0 Å². The van der Waals surface area contributed by atoms with E-state index in [1.54, 1.807) is 42.6 Å². The van der Waals surface area contributed by atoms with Crippen LogP contribution in [0.4, 0.5) is 5.69 Å². The molecule has 2 amide bonds. The van der Waals surface area contributed by atoms with Gasteiger partial charge in [-0.15, -0.1) is 11.3 Å². The number of fused-ring (bicyclic) bond motifs is 2. The SMILES string of the molecule is NC(=O)c1ccccc1NC(=O)c1cc2c(=O)n3ccccc3nc2s1. The quantitative estimate of drug-likeness (QED) is 0.581. The van der Waals surface area contributed by atoms with E-state index in [1.165, 1.54) is 16.5 Å². The van der Waals surface area contributed by atoms with E-state index in [1.807, 2.05) is 0 Å². The third-order valence-corrected chi connectivity index (χ3v) is 4.91. The molecule has 0 aliphatic rings. The van der Waals surface area contributed by atoms with Crippen molar-refractivity contribution in [1.29, 1.82) is 0 Å². The predicted octanol–water partition coefficient (Wildman–Crippen LogP) is 2.26. The van der Waals surface area contributed by atoms with E-state index in [2.05, 4.69) is 10.3 Å². The smallest absolute Gasteiger partial charge is 0.266 e. The number of benzene rings is 1. The summed E-state index contributed by atoms with van der Waals surface area (Å²) in [6, 6.07) is 13.2. The van der Waals surface area contributed by atoms with Gasteiger partial charge < -0.3 is 11.1 Å². The van der Waals surface area contributed by atoms with Crippen LogP contribution in [0.2, 0.25) is 0 Å². The van der Waals surface area contributed by atoms with Gasteiger partial charge in [-0.3, -0.25) is 18.8 Å². The molecule has 4 aromatic rings. The van der Waals surface area contributed by atoms with Gasteiger partial charge >= 0.3 is 0 Å². The normalized spacial score (nSPS) is 10.9. The fourth-order valence-corrected chi connectivity index (χ4v) is 3.58. The van der Waals surface area contributed by atoms with Gasteiger partial charge in [-0.25, -0.2) is 4.98 Å². The first-order valence-electron chi connectivity index (χ1n) is 7.66. The first-order chi connectivity index (χ1) is 12.5. The number of aromatic nitrogens is 2. The number of thiophene rings is 1. The minimum atomic E-state index is -0.636. The van der Waals surface area contributed by atoms with Crippen molar-refractivity contribution >= 4 is 44.7 Å². The first kappa shape index (κ1) is 16.0. The van der Waals surface area contributed by atoms with Gasteiger partial charge in [-0.2, -0.15) is 0 Å². The van der Waals surface area contributed by atoms with Crippen LogP contribution < -0.4 is 16.6 Å². The van der Waals surface area contributed by atoms with Crippen LogP contribution >= 0.6 is 11.3 Å². The summed E-state index contributed by atoms with van der Waals surface area (Å²) >= 11 is 1.12. The standard InChI is InChI=1S/C18H12N4O3S/c19-15(23)10-5-1-2-6-12(10)20-16(24)13-9-11-17(26-13)21-14-7-3-4-8-22(14)18(11)25/h1-9H,(H2,19,23)(H,20,24). The number of nitrogens with one attached hydrogen (secondary N) is 1. The number of nitrogens with zero attached hydrogens (tertiary/aromatic N) is 2. The maximum Gasteiger partial charge on any atom is 0.266 e. The molecule has 8 heteroatoms. The minimum Gasteiger partial charge on any atom is -0.366 e. The summed E-state index contributed by atoms with van der Waals surface area (Å²) in [5.41, 5.74) is 6.13. The van der Waals surface area contributed by atoms with Crippen molar-refractivity contribution in [2.24, 2.45) is 5.73 Å². The average Bonchev–Trinajstić information content (AvgIpc) is 3.07. The van der Waals surface area contributed by atoms with Crippen molar-refractivity contribution in [3.05, 3.63) is 75.5 Å². The van der Waals surface area contributed by atoms with Gasteiger partial charge in [0.05, 0.1) is 21.5 Å². The number of para-hydroxylation sites is 1. The van der Waals surface area contributed by atoms with Crippen molar-refractivity contribution in [3.63, 3.8) is 0 Å². The fraction of sp³-hybridized carbons (Fsp3) is 0. The molecule has 0 saturated carbocycles. The summed E-state index contributed by atoms with van der Waals surface area (Å²) in [6.45, 7) is 0. The third-order valence-electron chi connectivity index (χ3n) is 3.88. The Morgan fingerprint density at radius 1 is 1.12 bits per heavy atom. The highest BCUT2D eigenvalue weighted by atomic mass is 32.1. The van der Waals surface area contributed by atoms with Crippen LogP contribution in [-0.2, 0) is 0 Å². The molecule has 26 heavy (non-hydrogen) atoms. The lowest BCUT2D eigenvalue weighted by molar-refractivity contribution is 0.100. The van der Waals surface area contributed by atoms with Crippen molar-refractivity contribution < 1.29 is 9.59 Å². The third kappa shape index (κ3) is 2.62. The second-order valence-corrected chi connectivity index (χ2v) is 6.57. The Bertz CT molecular complexity index is 1240. The molecular weight excluding hydrogens is 352 g/mol. The number of carbonyl (C=O) groups is 2. The molecule has 0 fully saturated rings. The molecule has 1 aromatic carbocycles. The summed E-state index contributed by atoms with van der Waals surface area (Å²) in [5, 5.41) is 3.03. The Morgan fingerprint density at radius 3 is 2.69 bits per heavy atom. The van der Waals surface area contributed by atoms with Crippen LogP contribution in [0.25, 0.3) is 15.9 Å². The van der Waals surface area contributed by atoms with Crippen LogP contribution in [0.5, 0.6) is 0 Å². The predicted molar refractivity (Wildman–Crippen MR) is 99.8 cm³/mol. The van der Waals surface area contributed by atoms with E-state index in [4.69, 9.17) is 5.73 Å². The van der Waals surface area contributed by atoms with Crippen LogP contribution in [0, 0.1) is 0 Å². The lowest BCUT2D eigenvalue weighted by Gasteiger charge is -2.07. The number of primary amides is 1. The van der Waals surface area contributed by atoms with Gasteiger partial charge in [-0.1, -0.05) is 18.2 Å². The summed E-state index contributed by atoms with van der Waals surface area (Å²) in [7, 11) is 0. The summed E-state index contributed by atoms with van der Waals surface area (Å²) in [4.78, 5) is 41.8. The molecule has 0 spiro atoms. The number of amides is 2. The van der Waals surface area contributed by atoms with E-state index >= 15 is 0 Å². The number of anilines is 1. The number of rotatable bonds is 3. The Balaban J connectivity index is 1.77. The molecule has 3 heterocycles. The zero-order valence-electron chi connectivity index (χ0n) is 13.3. The molecule has 7 nitrogen and oxygen atoms in total. The van der Waals surface area contributed by atoms with E-state index < -0.39 is 11.8 Å². The molecule has 4 rings (SSSR count). The van der Waals surface area contributed by atoms with Gasteiger partial charge in [0.25, 0.3) is 17.4 Å². The molecule has 0 atom stereocenters. The Labute approximate surface area is 150 Å². The molecule has 0 aliphatic heterocycles. The van der Waals surface area contributed by atoms with Gasteiger partial charge in [0.1, 0.15) is 10.5 Å². The van der Waals surface area contributed by atoms with Crippen LogP contribution in [0.1, 0.15) is 20.0 Å². The maximum atomic E-state index is 12.6. The van der Waals surface area contributed by atoms with Crippen LogP contribution in [0.15, 0.2) is 59.5 Å². The zero-order valence-corrected chi connectivity index (χ0v) is 14.1. The van der Waals surface area contributed by atoms with E-state index in [-0.39, 0.29) is 11.1 Å². The van der Waals surface area contributed by atoms with E-state index in [0.717, 1.165) is 11.3 Å². The highest BCUT2D eigenvalue weighted by Crippen LogP contribution is 2.24. The lowest BCUT2D eigenvalue weighted by Crippen LogP contribution is -2.17. The Kier molecular flexibility index (Phi) is 3.74. The van der Waals surface area contributed by atoms with Gasteiger partial charge in [-0.05, 0) is 30.3 Å². The lowest BCUT2D eigenvalue weighted by atomic mass is 10.1. The molecule has 0 radical (unpaired) electrons. The maximum absolute atomic E-state index is 12.6. The molecule has 0 unspecified atom stereocenters. The van der Waals surface area contributed by atoms with Crippen LogP contribution in [0.3, 0.4) is 0 Å². The molecule has 3 aromatic heterocycles. The highest BCUT2D eigenvalue weighted by molar-refractivity contribution is 7.20. The fourth-order valence-electron chi connectivity index (χ4n) is 2.65. The number of pyridine rings is 1. The summed E-state index contributed by atoms with van der Waals surface area (Å²) in [5.74, 6) is -1.07. The molecule has 0 saturated heterocycles. The zero-order chi connectivity index (χ0) is 18.3. The summed E-state index contributed by atoms with van der Waals surface area (Å²) < 4.78 is 1.43. The average molecular weight is 364 g/mol. The Morgan fingerprint density at radius 2 is 1.88 bits per heavy atom. The molecular formula is C18H12N4O3S. The number of hydrogen-bond donors (Lipinski definition) is 2. The number of hydrogen-bond acceptors (Lipinski definition) is 5. The van der Waals surface area contributed by atoms with Gasteiger partial charge in [0.15, 0.2) is 0 Å². The number of carbonyl (C=O) groups excluding carboxylic acids is 2. The van der Waals surface area contributed by atoms with Crippen LogP contribution in [-0.4, -0.2) is 21.2 Å². The largest absolute Gasteiger partial charge is 0.366 e. The van der Waals surface area contributed by atoms with Gasteiger partial charge in [0, 0.05) is 6.20 Å². The Hall–Kier alpha value is -3.52. The van der Waals surface area contributed by atoms with Crippen molar-refractivity contribution in [3.8, 4) is 0 Å². The van der Waals surface area contributed by atoms with Crippen molar-refractivity contribution in [2.75, 3.05) is 5.32 Å². The molecule has 128 valence electrons. The first-order valence-corrected chi connectivity index (χ1v) is 8.47. The summed E-state index contributed by atoms with van der Waals surface area (Å²) in [6.07, 6.45) is 1.63. The number of nitrogens with two attached hydrogens (primary N) is 1. The minimum absolute atomic E-state index is 0.214. The second kappa shape index (κ2) is 6.08. The monoisotopic (exact) mass is 364 g/mol. The van der Waals surface area contributed by atoms with E-state index in [9.17, 15) is 14.4 Å². The molecule has 3 N–H and O–H groups in total. The topological polar surface area (TPSA) is 107 Å². The van der Waals surface area contributed by atoms with E-state index in [0.29, 0.717) is 26.4 Å². The second-order valence-electron chi connectivity index (χ2n) is 5.54. The highest BCUT2D eigenvalue weighted by Gasteiger charge is 2.17. The molecule has 0 aliphatic carbocycles. The van der Waals surface area contributed by atoms with Crippen molar-refractivity contribution in [1.82, 2.24) is 9.38 Å². The van der Waals surface area contributed by atoms with Crippen molar-refractivity contribution in [2.45, 2.75) is 0 Å². The molecule has 0 bridgehead atoms.